The minimum absolute atomic E-state index is 0.229. The summed E-state index contributed by atoms with van der Waals surface area (Å²) in [6, 6.07) is 16.6. The summed E-state index contributed by atoms with van der Waals surface area (Å²) < 4.78 is 4.16. The van der Waals surface area contributed by atoms with E-state index in [9.17, 15) is 4.79 Å². The highest BCUT2D eigenvalue weighted by Gasteiger charge is 2.72. The molecule has 1 aliphatic rings. The summed E-state index contributed by atoms with van der Waals surface area (Å²) in [6.45, 7) is 0. The summed E-state index contributed by atoms with van der Waals surface area (Å²) in [5.41, 5.74) is 0.479. The van der Waals surface area contributed by atoms with E-state index in [1.807, 2.05) is 42.5 Å². The monoisotopic (exact) mass is 335 g/mol. The van der Waals surface area contributed by atoms with Crippen molar-refractivity contribution in [3.63, 3.8) is 0 Å². The molecule has 0 saturated heterocycles. The van der Waals surface area contributed by atoms with Crippen molar-refractivity contribution in [2.45, 2.75) is 16.2 Å². The van der Waals surface area contributed by atoms with Crippen molar-refractivity contribution in [2.75, 3.05) is 12.4 Å². The van der Waals surface area contributed by atoms with Crippen LogP contribution in [0, 0.1) is 0 Å². The Hall–Kier alpha value is -1.71. The van der Waals surface area contributed by atoms with Crippen LogP contribution in [0.1, 0.15) is 12.0 Å². The minimum atomic E-state index is -1.10. The topological polar surface area (TPSA) is 38.3 Å². The molecule has 1 N–H and O–H groups in total. The number of hydrogen-bond donors (Lipinski definition) is 1. The average molecular weight is 336 g/mol. The molecule has 3 nitrogen and oxygen atoms in total. The normalized spacial score (nSPS) is 22.0. The van der Waals surface area contributed by atoms with Crippen molar-refractivity contribution in [3.8, 4) is 5.75 Å². The maximum absolute atomic E-state index is 12.8. The number of para-hydroxylation sites is 2. The molecular weight excluding hydrogens is 321 g/mol. The van der Waals surface area contributed by atoms with Gasteiger partial charge in [0.25, 0.3) is 0 Å². The Labute approximate surface area is 139 Å². The molecule has 0 radical (unpaired) electrons. The molecule has 3 rings (SSSR count). The zero-order valence-corrected chi connectivity index (χ0v) is 13.5. The number of methoxy groups -OCH3 is 1. The number of ether oxygens (including phenoxy) is 1. The molecule has 1 saturated carbocycles. The summed E-state index contributed by atoms with van der Waals surface area (Å²) in [4.78, 5) is 12.8. The quantitative estimate of drug-likeness (QED) is 0.852. The van der Waals surface area contributed by atoms with E-state index in [4.69, 9.17) is 27.9 Å². The number of halogens is 2. The van der Waals surface area contributed by atoms with Crippen molar-refractivity contribution >= 4 is 34.8 Å². The first kappa shape index (κ1) is 15.2. The standard InChI is InChI=1S/C17H15Cl2NO2/c1-22-14-10-6-5-9-13(14)20-15(21)16(11-17(16,18)19)12-7-3-2-4-8-12/h2-10H,11H2,1H3,(H,20,21)/t16-/m0/s1. The Balaban J connectivity index is 1.93. The Morgan fingerprint density at radius 3 is 2.27 bits per heavy atom. The van der Waals surface area contributed by atoms with Crippen molar-refractivity contribution in [3.05, 3.63) is 60.2 Å². The second-order valence-electron chi connectivity index (χ2n) is 5.31. The molecule has 0 bridgehead atoms. The smallest absolute Gasteiger partial charge is 0.238 e. The predicted molar refractivity (Wildman–Crippen MR) is 88.8 cm³/mol. The third-order valence-electron chi connectivity index (χ3n) is 4.00. The van der Waals surface area contributed by atoms with Gasteiger partial charge in [0.15, 0.2) is 0 Å². The van der Waals surface area contributed by atoms with Crippen LogP contribution in [0.2, 0.25) is 0 Å². The largest absolute Gasteiger partial charge is 0.495 e. The lowest BCUT2D eigenvalue weighted by atomic mass is 9.94. The fourth-order valence-corrected chi connectivity index (χ4v) is 3.47. The lowest BCUT2D eigenvalue weighted by Gasteiger charge is -2.19. The van der Waals surface area contributed by atoms with Crippen LogP contribution in [0.3, 0.4) is 0 Å². The van der Waals surface area contributed by atoms with Gasteiger partial charge in [-0.15, -0.1) is 23.2 Å². The molecule has 0 heterocycles. The Bertz CT molecular complexity index is 703. The van der Waals surface area contributed by atoms with Gasteiger partial charge in [0.1, 0.15) is 15.5 Å². The number of anilines is 1. The van der Waals surface area contributed by atoms with Gasteiger partial charge in [-0.25, -0.2) is 0 Å². The molecule has 0 unspecified atom stereocenters. The Kier molecular flexibility index (Phi) is 3.79. The number of carbonyl (C=O) groups excluding carboxylic acids is 1. The van der Waals surface area contributed by atoms with Gasteiger partial charge in [0.05, 0.1) is 12.8 Å². The van der Waals surface area contributed by atoms with Crippen LogP contribution in [0.25, 0.3) is 0 Å². The molecule has 5 heteroatoms. The van der Waals surface area contributed by atoms with Crippen LogP contribution in [-0.2, 0) is 10.2 Å². The van der Waals surface area contributed by atoms with Crippen LogP contribution in [0.15, 0.2) is 54.6 Å². The molecule has 1 amide bonds. The first-order chi connectivity index (χ1) is 10.5. The van der Waals surface area contributed by atoms with Crippen molar-refractivity contribution < 1.29 is 9.53 Å². The number of carbonyl (C=O) groups is 1. The van der Waals surface area contributed by atoms with E-state index >= 15 is 0 Å². The summed E-state index contributed by atoms with van der Waals surface area (Å²) in [7, 11) is 1.56. The first-order valence-corrected chi connectivity index (χ1v) is 7.65. The fourth-order valence-electron chi connectivity index (χ4n) is 2.68. The number of alkyl halides is 2. The maximum Gasteiger partial charge on any atom is 0.238 e. The van der Waals surface area contributed by atoms with Crippen LogP contribution < -0.4 is 10.1 Å². The molecular formula is C17H15Cl2NO2. The number of nitrogens with one attached hydrogen (secondary N) is 1. The predicted octanol–water partition coefficient (Wildman–Crippen LogP) is 4.15. The van der Waals surface area contributed by atoms with Crippen LogP contribution in [0.4, 0.5) is 5.69 Å². The second kappa shape index (κ2) is 5.49. The third kappa shape index (κ3) is 2.34. The van der Waals surface area contributed by atoms with Crippen LogP contribution >= 0.6 is 23.2 Å². The van der Waals surface area contributed by atoms with Gasteiger partial charge in [0.2, 0.25) is 5.91 Å². The van der Waals surface area contributed by atoms with Gasteiger partial charge in [-0.2, -0.15) is 0 Å². The van der Waals surface area contributed by atoms with Crippen LogP contribution in [-0.4, -0.2) is 17.4 Å². The van der Waals surface area contributed by atoms with E-state index in [1.165, 1.54) is 0 Å². The fraction of sp³-hybridized carbons (Fsp3) is 0.235. The number of hydrogen-bond acceptors (Lipinski definition) is 2. The highest BCUT2D eigenvalue weighted by molar-refractivity contribution is 6.54. The molecule has 22 heavy (non-hydrogen) atoms. The number of rotatable bonds is 4. The average Bonchev–Trinajstić information content (AvgIpc) is 3.13. The maximum atomic E-state index is 12.8. The molecule has 0 aliphatic heterocycles. The molecule has 2 aromatic carbocycles. The molecule has 1 atom stereocenters. The molecule has 1 aliphatic carbocycles. The van der Waals surface area contributed by atoms with E-state index in [0.29, 0.717) is 17.9 Å². The molecule has 1 fully saturated rings. The van der Waals surface area contributed by atoms with Crippen LogP contribution in [0.5, 0.6) is 5.75 Å². The van der Waals surface area contributed by atoms with Gasteiger partial charge < -0.3 is 10.1 Å². The zero-order valence-electron chi connectivity index (χ0n) is 12.0. The molecule has 2 aromatic rings. The van der Waals surface area contributed by atoms with E-state index < -0.39 is 9.75 Å². The van der Waals surface area contributed by atoms with Gasteiger partial charge >= 0.3 is 0 Å². The Morgan fingerprint density at radius 2 is 1.68 bits per heavy atom. The van der Waals surface area contributed by atoms with Gasteiger partial charge in [-0.3, -0.25) is 4.79 Å². The first-order valence-electron chi connectivity index (χ1n) is 6.89. The second-order valence-corrected chi connectivity index (χ2v) is 6.79. The van der Waals surface area contributed by atoms with E-state index in [2.05, 4.69) is 5.32 Å². The molecule has 0 aromatic heterocycles. The highest BCUT2D eigenvalue weighted by atomic mass is 35.5. The SMILES string of the molecule is COc1ccccc1NC(=O)[C@@]1(c2ccccc2)CC1(Cl)Cl. The molecule has 0 spiro atoms. The van der Waals surface area contributed by atoms with Crippen molar-refractivity contribution in [1.82, 2.24) is 0 Å². The number of amides is 1. The van der Waals surface area contributed by atoms with Crippen molar-refractivity contribution in [2.24, 2.45) is 0 Å². The van der Waals surface area contributed by atoms with Gasteiger partial charge in [0, 0.05) is 6.42 Å². The van der Waals surface area contributed by atoms with Gasteiger partial charge in [-0.05, 0) is 17.7 Å². The molecule has 114 valence electrons. The summed E-state index contributed by atoms with van der Waals surface area (Å²) in [5.74, 6) is 0.364. The lowest BCUT2D eigenvalue weighted by molar-refractivity contribution is -0.118. The summed E-state index contributed by atoms with van der Waals surface area (Å²) in [6.07, 6.45) is 0.383. The lowest BCUT2D eigenvalue weighted by Crippen LogP contribution is -2.32. The number of benzene rings is 2. The van der Waals surface area contributed by atoms with Crippen molar-refractivity contribution in [1.29, 1.82) is 0 Å². The van der Waals surface area contributed by atoms with Gasteiger partial charge in [-0.1, -0.05) is 42.5 Å². The van der Waals surface area contributed by atoms with E-state index in [1.54, 1.807) is 19.2 Å². The Morgan fingerprint density at radius 1 is 1.09 bits per heavy atom. The zero-order chi connectivity index (χ0) is 15.8. The highest BCUT2D eigenvalue weighted by Crippen LogP contribution is 2.65. The summed E-state index contributed by atoms with van der Waals surface area (Å²) >= 11 is 12.6. The minimum Gasteiger partial charge on any atom is -0.495 e. The van der Waals surface area contributed by atoms with E-state index in [0.717, 1.165) is 5.56 Å². The third-order valence-corrected chi connectivity index (χ3v) is 4.91. The summed E-state index contributed by atoms with van der Waals surface area (Å²) in [5, 5.41) is 2.89. The van der Waals surface area contributed by atoms with E-state index in [-0.39, 0.29) is 5.91 Å².